The highest BCUT2D eigenvalue weighted by molar-refractivity contribution is 5.22. The maximum Gasteiger partial charge on any atom is 0.131 e. The van der Waals surface area contributed by atoms with E-state index >= 15 is 0 Å². The molecule has 0 radical (unpaired) electrons. The van der Waals surface area contributed by atoms with Gasteiger partial charge in [0.1, 0.15) is 11.6 Å². The summed E-state index contributed by atoms with van der Waals surface area (Å²) < 4.78 is 26.6. The molecule has 1 aromatic rings. The van der Waals surface area contributed by atoms with Crippen molar-refractivity contribution in [3.05, 3.63) is 35.4 Å². The van der Waals surface area contributed by atoms with E-state index in [1.807, 2.05) is 6.92 Å². The van der Waals surface area contributed by atoms with Crippen LogP contribution in [-0.4, -0.2) is 17.7 Å². The molecule has 1 rings (SSSR count). The number of nitrogens with one attached hydrogen (secondary N) is 1. The fraction of sp³-hybridized carbons (Fsp3) is 0.385. The van der Waals surface area contributed by atoms with Crippen molar-refractivity contribution < 1.29 is 13.9 Å². The molecular formula is C13H15F2NO. The minimum Gasteiger partial charge on any atom is -0.387 e. The van der Waals surface area contributed by atoms with Gasteiger partial charge in [0.2, 0.25) is 0 Å². The smallest absolute Gasteiger partial charge is 0.131 e. The lowest BCUT2D eigenvalue weighted by atomic mass is 10.1. The predicted molar refractivity (Wildman–Crippen MR) is 62.2 cm³/mol. The molecule has 2 atom stereocenters. The van der Waals surface area contributed by atoms with E-state index in [1.54, 1.807) is 0 Å². The Morgan fingerprint density at radius 1 is 1.41 bits per heavy atom. The number of aliphatic hydroxyl groups is 1. The second-order valence-corrected chi connectivity index (χ2v) is 3.69. The number of halogens is 2. The first-order valence-electron chi connectivity index (χ1n) is 5.41. The van der Waals surface area contributed by atoms with E-state index in [-0.39, 0.29) is 18.2 Å². The Hall–Kier alpha value is -1.44. The number of hydrogen-bond donors (Lipinski definition) is 2. The lowest BCUT2D eigenvalue weighted by molar-refractivity contribution is 0.163. The molecule has 92 valence electrons. The van der Waals surface area contributed by atoms with Crippen molar-refractivity contribution in [3.63, 3.8) is 0 Å². The van der Waals surface area contributed by atoms with E-state index in [0.29, 0.717) is 6.42 Å². The highest BCUT2D eigenvalue weighted by atomic mass is 19.1. The number of benzene rings is 1. The molecule has 0 saturated carbocycles. The molecule has 0 aliphatic rings. The van der Waals surface area contributed by atoms with Gasteiger partial charge >= 0.3 is 0 Å². The van der Waals surface area contributed by atoms with E-state index in [9.17, 15) is 13.9 Å². The van der Waals surface area contributed by atoms with Gasteiger partial charge in [0, 0.05) is 6.54 Å². The quantitative estimate of drug-likeness (QED) is 0.770. The number of aliphatic hydroxyl groups excluding tert-OH is 1. The molecule has 0 heterocycles. The summed E-state index contributed by atoms with van der Waals surface area (Å²) in [4.78, 5) is 0. The second-order valence-electron chi connectivity index (χ2n) is 3.69. The third-order valence-electron chi connectivity index (χ3n) is 2.50. The van der Waals surface area contributed by atoms with Crippen LogP contribution in [0.4, 0.5) is 8.78 Å². The van der Waals surface area contributed by atoms with Crippen LogP contribution < -0.4 is 5.32 Å². The molecule has 0 aliphatic carbocycles. The fourth-order valence-electron chi connectivity index (χ4n) is 1.51. The fourth-order valence-corrected chi connectivity index (χ4v) is 1.51. The normalized spacial score (nSPS) is 14.1. The van der Waals surface area contributed by atoms with Crippen LogP contribution >= 0.6 is 0 Å². The summed E-state index contributed by atoms with van der Waals surface area (Å²) >= 11 is 0. The van der Waals surface area contributed by atoms with Gasteiger partial charge in [0.25, 0.3) is 0 Å². The zero-order valence-corrected chi connectivity index (χ0v) is 9.58. The minimum atomic E-state index is -1.25. The number of hydrogen-bond acceptors (Lipinski definition) is 2. The van der Waals surface area contributed by atoms with Crippen molar-refractivity contribution in [2.75, 3.05) is 6.54 Å². The molecule has 1 aromatic carbocycles. The highest BCUT2D eigenvalue weighted by Crippen LogP contribution is 2.20. The van der Waals surface area contributed by atoms with E-state index in [2.05, 4.69) is 11.2 Å². The van der Waals surface area contributed by atoms with Crippen LogP contribution in [-0.2, 0) is 0 Å². The van der Waals surface area contributed by atoms with Crippen molar-refractivity contribution in [1.82, 2.24) is 5.32 Å². The number of rotatable bonds is 5. The highest BCUT2D eigenvalue weighted by Gasteiger charge is 2.18. The van der Waals surface area contributed by atoms with Gasteiger partial charge in [-0.25, -0.2) is 8.78 Å². The maximum atomic E-state index is 13.3. The third kappa shape index (κ3) is 3.52. The van der Waals surface area contributed by atoms with Gasteiger partial charge in [-0.15, -0.1) is 6.42 Å². The summed E-state index contributed by atoms with van der Waals surface area (Å²) in [5, 5.41) is 12.6. The molecule has 2 N–H and O–H groups in total. The van der Waals surface area contributed by atoms with Crippen molar-refractivity contribution >= 4 is 0 Å². The third-order valence-corrected chi connectivity index (χ3v) is 2.50. The van der Waals surface area contributed by atoms with Crippen LogP contribution in [0, 0.1) is 24.0 Å². The molecule has 17 heavy (non-hydrogen) atoms. The van der Waals surface area contributed by atoms with Gasteiger partial charge in [-0.1, -0.05) is 18.9 Å². The molecule has 0 fully saturated rings. The van der Waals surface area contributed by atoms with Crippen LogP contribution in [0.15, 0.2) is 18.2 Å². The average Bonchev–Trinajstić information content (AvgIpc) is 2.30. The topological polar surface area (TPSA) is 32.3 Å². The van der Waals surface area contributed by atoms with Gasteiger partial charge in [0.05, 0.1) is 17.7 Å². The van der Waals surface area contributed by atoms with E-state index in [0.717, 1.165) is 12.1 Å². The Balaban J connectivity index is 2.71. The first-order valence-corrected chi connectivity index (χ1v) is 5.41. The maximum absolute atomic E-state index is 13.3. The standard InChI is InChI=1S/C13H15F2NO/c1-3-9(4-2)16-8-12(17)13-10(14)6-5-7-11(13)15/h1,5-7,9,12,16-17H,4,8H2,2H3. The van der Waals surface area contributed by atoms with Crippen LogP contribution in [0.2, 0.25) is 0 Å². The largest absolute Gasteiger partial charge is 0.387 e. The Morgan fingerprint density at radius 2 is 2.00 bits per heavy atom. The molecule has 0 spiro atoms. The lowest BCUT2D eigenvalue weighted by Gasteiger charge is -2.16. The molecule has 0 amide bonds. The zero-order valence-electron chi connectivity index (χ0n) is 9.58. The Kier molecular flexibility index (Phi) is 5.08. The Labute approximate surface area is 99.7 Å². The number of terminal acetylenes is 1. The first kappa shape index (κ1) is 13.6. The van der Waals surface area contributed by atoms with Gasteiger partial charge in [-0.05, 0) is 18.6 Å². The van der Waals surface area contributed by atoms with Crippen LogP contribution in [0.1, 0.15) is 25.0 Å². The molecule has 4 heteroatoms. The van der Waals surface area contributed by atoms with Crippen LogP contribution in [0.5, 0.6) is 0 Å². The van der Waals surface area contributed by atoms with Crippen molar-refractivity contribution in [2.45, 2.75) is 25.5 Å². The molecule has 2 unspecified atom stereocenters. The minimum absolute atomic E-state index is 0.0144. The van der Waals surface area contributed by atoms with Gasteiger partial charge < -0.3 is 10.4 Å². The average molecular weight is 239 g/mol. The van der Waals surface area contributed by atoms with Crippen molar-refractivity contribution in [2.24, 2.45) is 0 Å². The van der Waals surface area contributed by atoms with Crippen molar-refractivity contribution in [1.29, 1.82) is 0 Å². The summed E-state index contributed by atoms with van der Waals surface area (Å²) in [7, 11) is 0. The van der Waals surface area contributed by atoms with Gasteiger partial charge in [-0.2, -0.15) is 0 Å². The van der Waals surface area contributed by atoms with E-state index < -0.39 is 17.7 Å². The zero-order chi connectivity index (χ0) is 12.8. The molecule has 2 nitrogen and oxygen atoms in total. The molecule has 0 aliphatic heterocycles. The van der Waals surface area contributed by atoms with Gasteiger partial charge in [0.15, 0.2) is 0 Å². The summed E-state index contributed by atoms with van der Waals surface area (Å²) in [5.41, 5.74) is -0.327. The summed E-state index contributed by atoms with van der Waals surface area (Å²) in [6.07, 6.45) is 4.66. The lowest BCUT2D eigenvalue weighted by Crippen LogP contribution is -2.31. The SMILES string of the molecule is C#CC(CC)NCC(O)c1c(F)cccc1F. The van der Waals surface area contributed by atoms with Gasteiger partial charge in [-0.3, -0.25) is 0 Å². The van der Waals surface area contributed by atoms with Crippen molar-refractivity contribution in [3.8, 4) is 12.3 Å². The van der Waals surface area contributed by atoms with Crippen LogP contribution in [0.3, 0.4) is 0 Å². The van der Waals surface area contributed by atoms with E-state index in [1.165, 1.54) is 6.07 Å². The summed E-state index contributed by atoms with van der Waals surface area (Å²) in [5.74, 6) is 0.965. The Morgan fingerprint density at radius 3 is 2.47 bits per heavy atom. The Bertz CT molecular complexity index is 394. The van der Waals surface area contributed by atoms with E-state index in [4.69, 9.17) is 6.42 Å². The van der Waals surface area contributed by atoms with Crippen LogP contribution in [0.25, 0.3) is 0 Å². The molecule has 0 bridgehead atoms. The molecular weight excluding hydrogens is 224 g/mol. The summed E-state index contributed by atoms with van der Waals surface area (Å²) in [6, 6.07) is 3.27. The predicted octanol–water partition coefficient (Wildman–Crippen LogP) is 2.00. The summed E-state index contributed by atoms with van der Waals surface area (Å²) in [6.45, 7) is 1.90. The molecule has 0 saturated heterocycles. The first-order chi connectivity index (χ1) is 8.10. The monoisotopic (exact) mass is 239 g/mol. The molecule has 0 aromatic heterocycles. The second kappa shape index (κ2) is 6.33.